The molecule has 122 valence electrons. The number of aliphatic hydroxyl groups excluding tert-OH is 1. The summed E-state index contributed by atoms with van der Waals surface area (Å²) >= 11 is 0. The van der Waals surface area contributed by atoms with Gasteiger partial charge in [-0.15, -0.1) is 0 Å². The lowest BCUT2D eigenvalue weighted by Gasteiger charge is -2.25. The lowest BCUT2D eigenvalue weighted by atomic mass is 9.87. The summed E-state index contributed by atoms with van der Waals surface area (Å²) in [6, 6.07) is 10.2. The maximum atomic E-state index is 9.41. The number of aliphatic hydroxyl groups is 1. The molecule has 3 rings (SSSR count). The summed E-state index contributed by atoms with van der Waals surface area (Å²) in [5, 5.41) is 9.41. The zero-order chi connectivity index (χ0) is 16.8. The molecule has 0 saturated heterocycles. The van der Waals surface area contributed by atoms with Crippen molar-refractivity contribution in [2.75, 3.05) is 7.11 Å². The summed E-state index contributed by atoms with van der Waals surface area (Å²) < 4.78 is 11.9. The molecule has 2 aromatic carbocycles. The van der Waals surface area contributed by atoms with Crippen molar-refractivity contribution in [2.45, 2.75) is 46.0 Å². The van der Waals surface area contributed by atoms with Gasteiger partial charge in [-0.3, -0.25) is 0 Å². The highest BCUT2D eigenvalue weighted by Crippen LogP contribution is 2.49. The Morgan fingerprint density at radius 2 is 1.96 bits per heavy atom. The van der Waals surface area contributed by atoms with E-state index >= 15 is 0 Å². The molecule has 1 N–H and O–H groups in total. The molecule has 0 radical (unpaired) electrons. The van der Waals surface area contributed by atoms with E-state index in [1.807, 2.05) is 18.2 Å². The van der Waals surface area contributed by atoms with Crippen LogP contribution in [0.2, 0.25) is 0 Å². The molecule has 23 heavy (non-hydrogen) atoms. The fourth-order valence-corrected chi connectivity index (χ4v) is 3.73. The van der Waals surface area contributed by atoms with Gasteiger partial charge in [0, 0.05) is 12.7 Å². The van der Waals surface area contributed by atoms with E-state index in [0.717, 1.165) is 22.4 Å². The normalized spacial score (nSPS) is 18.6. The van der Waals surface area contributed by atoms with Gasteiger partial charge in [0.1, 0.15) is 17.5 Å². The number of ether oxygens (including phenoxy) is 2. The number of hydrogen-bond donors (Lipinski definition) is 1. The molecule has 0 amide bonds. The molecule has 1 atom stereocenters. The first-order valence-corrected chi connectivity index (χ1v) is 7.95. The number of benzene rings is 2. The van der Waals surface area contributed by atoms with Crippen molar-refractivity contribution in [1.82, 2.24) is 0 Å². The predicted molar refractivity (Wildman–Crippen MR) is 91.7 cm³/mol. The summed E-state index contributed by atoms with van der Waals surface area (Å²) in [6.45, 7) is 8.39. The van der Waals surface area contributed by atoms with E-state index in [2.05, 4.69) is 39.8 Å². The van der Waals surface area contributed by atoms with Crippen LogP contribution in [0.5, 0.6) is 5.75 Å². The summed E-state index contributed by atoms with van der Waals surface area (Å²) in [5.74, 6) is 0.916. The molecule has 1 aliphatic heterocycles. The minimum atomic E-state index is -0.375. The predicted octanol–water partition coefficient (Wildman–Crippen LogP) is 4.32. The van der Waals surface area contributed by atoms with Crippen molar-refractivity contribution in [3.63, 3.8) is 0 Å². The summed E-state index contributed by atoms with van der Waals surface area (Å²) in [4.78, 5) is 0. The van der Waals surface area contributed by atoms with Crippen molar-refractivity contribution in [2.24, 2.45) is 0 Å². The standard InChI is InChI=1S/C20H24O3/c1-12-9-16-18(19(22-5)20(3,4)23-16)13(2)17(12)15-8-6-7-14(10-15)11-21/h6-10,19,21H,11H2,1-5H3. The SMILES string of the molecule is COC1c2c(cc(C)c(-c3cccc(CO)c3)c2C)OC1(C)C. The molecule has 0 saturated carbocycles. The Labute approximate surface area is 137 Å². The van der Waals surface area contributed by atoms with Gasteiger partial charge in [0.2, 0.25) is 0 Å². The highest BCUT2D eigenvalue weighted by atomic mass is 16.6. The van der Waals surface area contributed by atoms with Crippen LogP contribution in [0.1, 0.15) is 42.2 Å². The molecule has 3 nitrogen and oxygen atoms in total. The third-order valence-corrected chi connectivity index (χ3v) is 4.69. The van der Waals surface area contributed by atoms with Gasteiger partial charge in [0.25, 0.3) is 0 Å². The Bertz CT molecular complexity index is 747. The van der Waals surface area contributed by atoms with Gasteiger partial charge in [-0.25, -0.2) is 0 Å². The minimum absolute atomic E-state index is 0.0493. The highest BCUT2D eigenvalue weighted by molar-refractivity contribution is 5.75. The van der Waals surface area contributed by atoms with Crippen LogP contribution in [-0.4, -0.2) is 17.8 Å². The van der Waals surface area contributed by atoms with Crippen molar-refractivity contribution >= 4 is 0 Å². The Balaban J connectivity index is 2.22. The molecule has 0 aliphatic carbocycles. The molecule has 3 heteroatoms. The quantitative estimate of drug-likeness (QED) is 0.917. The average Bonchev–Trinajstić information content (AvgIpc) is 2.76. The molecule has 0 fully saturated rings. The molecule has 0 spiro atoms. The van der Waals surface area contributed by atoms with Crippen LogP contribution in [-0.2, 0) is 11.3 Å². The second kappa shape index (κ2) is 5.66. The Kier molecular flexibility index (Phi) is 3.95. The second-order valence-corrected chi connectivity index (χ2v) is 6.79. The van der Waals surface area contributed by atoms with Crippen molar-refractivity contribution in [1.29, 1.82) is 0 Å². The molecule has 1 heterocycles. The van der Waals surface area contributed by atoms with Gasteiger partial charge in [0.15, 0.2) is 0 Å². The number of fused-ring (bicyclic) bond motifs is 1. The monoisotopic (exact) mass is 312 g/mol. The Hall–Kier alpha value is -1.84. The van der Waals surface area contributed by atoms with Gasteiger partial charge >= 0.3 is 0 Å². The Morgan fingerprint density at radius 1 is 1.22 bits per heavy atom. The van der Waals surface area contributed by atoms with Crippen LogP contribution in [0.25, 0.3) is 11.1 Å². The molecule has 1 aliphatic rings. The van der Waals surface area contributed by atoms with Crippen LogP contribution in [0.3, 0.4) is 0 Å². The maximum absolute atomic E-state index is 9.41. The maximum Gasteiger partial charge on any atom is 0.134 e. The third kappa shape index (κ3) is 2.54. The molecule has 1 unspecified atom stereocenters. The van der Waals surface area contributed by atoms with E-state index in [9.17, 15) is 5.11 Å². The molecular formula is C20H24O3. The first-order valence-electron chi connectivity index (χ1n) is 7.95. The van der Waals surface area contributed by atoms with Gasteiger partial charge in [0.05, 0.1) is 6.61 Å². The van der Waals surface area contributed by atoms with Gasteiger partial charge in [-0.1, -0.05) is 18.2 Å². The van der Waals surface area contributed by atoms with Crippen LogP contribution >= 0.6 is 0 Å². The molecule has 2 aromatic rings. The lowest BCUT2D eigenvalue weighted by molar-refractivity contribution is -0.0280. The second-order valence-electron chi connectivity index (χ2n) is 6.79. The fraction of sp³-hybridized carbons (Fsp3) is 0.400. The van der Waals surface area contributed by atoms with Crippen molar-refractivity contribution in [3.05, 3.63) is 52.6 Å². The summed E-state index contributed by atoms with van der Waals surface area (Å²) in [5.41, 5.74) is 6.35. The topological polar surface area (TPSA) is 38.7 Å². The summed E-state index contributed by atoms with van der Waals surface area (Å²) in [7, 11) is 1.73. The first-order chi connectivity index (χ1) is 10.9. The molecule has 0 aromatic heterocycles. The fourth-order valence-electron chi connectivity index (χ4n) is 3.73. The van der Waals surface area contributed by atoms with E-state index in [4.69, 9.17) is 9.47 Å². The first kappa shape index (κ1) is 16.0. The van der Waals surface area contributed by atoms with Crippen molar-refractivity contribution < 1.29 is 14.6 Å². The minimum Gasteiger partial charge on any atom is -0.484 e. The van der Waals surface area contributed by atoms with Crippen LogP contribution in [0, 0.1) is 13.8 Å². The molecule has 0 bridgehead atoms. The Morgan fingerprint density at radius 3 is 2.61 bits per heavy atom. The lowest BCUT2D eigenvalue weighted by Crippen LogP contribution is -2.31. The average molecular weight is 312 g/mol. The van der Waals surface area contributed by atoms with E-state index in [0.29, 0.717) is 0 Å². The highest BCUT2D eigenvalue weighted by Gasteiger charge is 2.43. The van der Waals surface area contributed by atoms with E-state index in [1.54, 1.807) is 7.11 Å². The van der Waals surface area contributed by atoms with Crippen LogP contribution in [0.4, 0.5) is 0 Å². The van der Waals surface area contributed by atoms with Crippen LogP contribution in [0.15, 0.2) is 30.3 Å². The summed E-state index contributed by atoms with van der Waals surface area (Å²) in [6.07, 6.45) is -0.0853. The number of methoxy groups -OCH3 is 1. The van der Waals surface area contributed by atoms with Crippen molar-refractivity contribution in [3.8, 4) is 16.9 Å². The third-order valence-electron chi connectivity index (χ3n) is 4.69. The van der Waals surface area contributed by atoms with Gasteiger partial charge < -0.3 is 14.6 Å². The van der Waals surface area contributed by atoms with E-state index in [1.165, 1.54) is 16.7 Å². The largest absolute Gasteiger partial charge is 0.484 e. The number of aryl methyl sites for hydroxylation is 1. The zero-order valence-corrected chi connectivity index (χ0v) is 14.4. The van der Waals surface area contributed by atoms with E-state index in [-0.39, 0.29) is 18.3 Å². The van der Waals surface area contributed by atoms with Gasteiger partial charge in [-0.05, 0) is 67.6 Å². The number of rotatable bonds is 3. The van der Waals surface area contributed by atoms with E-state index < -0.39 is 0 Å². The van der Waals surface area contributed by atoms with Crippen LogP contribution < -0.4 is 4.74 Å². The number of hydrogen-bond acceptors (Lipinski definition) is 3. The zero-order valence-electron chi connectivity index (χ0n) is 14.4. The smallest absolute Gasteiger partial charge is 0.134 e. The molecular weight excluding hydrogens is 288 g/mol. The van der Waals surface area contributed by atoms with Gasteiger partial charge in [-0.2, -0.15) is 0 Å².